The highest BCUT2D eigenvalue weighted by Crippen LogP contribution is 2.33. The summed E-state index contributed by atoms with van der Waals surface area (Å²) in [5, 5.41) is 10.1. The highest BCUT2D eigenvalue weighted by atomic mass is 32.1. The van der Waals surface area contributed by atoms with Crippen LogP contribution in [0.5, 0.6) is 0 Å². The highest BCUT2D eigenvalue weighted by molar-refractivity contribution is 7.21. The summed E-state index contributed by atoms with van der Waals surface area (Å²) in [6.45, 7) is 2.05. The summed E-state index contributed by atoms with van der Waals surface area (Å²) >= 11 is 1.73. The van der Waals surface area contributed by atoms with Crippen molar-refractivity contribution in [3.63, 3.8) is 0 Å². The van der Waals surface area contributed by atoms with Crippen molar-refractivity contribution in [1.29, 1.82) is 0 Å². The molecule has 2 heterocycles. The molecule has 6 nitrogen and oxygen atoms in total. The van der Waals surface area contributed by atoms with Gasteiger partial charge in [-0.15, -0.1) is 11.3 Å². The molecule has 0 atom stereocenters. The van der Waals surface area contributed by atoms with Crippen molar-refractivity contribution in [3.05, 3.63) is 53.6 Å². The normalized spacial score (nSPS) is 11.7. The molecule has 0 N–H and O–H groups in total. The number of fused-ring (bicyclic) bond motifs is 2. The molecule has 4 rings (SSSR count). The molecule has 0 spiro atoms. The Hall–Kier alpha value is -2.93. The standard InChI is InChI=1S/C20H22N6S/c1-13-10-17-19(12-16(13)22-23-20-25(4)8-9-26(20)5)27-18-11-14(24(2)3)6-7-15(18)21-17/h6-12H,1-5H3/q+2. The van der Waals surface area contributed by atoms with E-state index in [2.05, 4.69) is 45.1 Å². The second-order valence-corrected chi connectivity index (χ2v) is 7.97. The molecule has 1 aromatic carbocycles. The second kappa shape index (κ2) is 6.66. The van der Waals surface area contributed by atoms with Crippen molar-refractivity contribution in [2.24, 2.45) is 24.3 Å². The molecule has 1 aromatic heterocycles. The van der Waals surface area contributed by atoms with E-state index in [1.54, 1.807) is 11.3 Å². The molecule has 0 saturated heterocycles. The Balaban J connectivity index is 1.85. The second-order valence-electron chi connectivity index (χ2n) is 6.89. The lowest BCUT2D eigenvalue weighted by molar-refractivity contribution is -0.657. The third-order valence-electron chi connectivity index (χ3n) is 4.59. The van der Waals surface area contributed by atoms with Crippen LogP contribution in [0.1, 0.15) is 5.56 Å². The van der Waals surface area contributed by atoms with E-state index in [4.69, 9.17) is 4.98 Å². The Morgan fingerprint density at radius 1 is 1.15 bits per heavy atom. The molecule has 0 radical (unpaired) electrons. The van der Waals surface area contributed by atoms with Gasteiger partial charge in [0.25, 0.3) is 0 Å². The van der Waals surface area contributed by atoms with Crippen molar-refractivity contribution < 1.29 is 4.57 Å². The van der Waals surface area contributed by atoms with Gasteiger partial charge in [0.15, 0.2) is 0 Å². The Kier molecular flexibility index (Phi) is 4.31. The minimum atomic E-state index is 0.797. The molecule has 2 aromatic rings. The lowest BCUT2D eigenvalue weighted by Crippen LogP contribution is -2.25. The molecule has 27 heavy (non-hydrogen) atoms. The maximum absolute atomic E-state index is 4.83. The van der Waals surface area contributed by atoms with E-state index in [0.717, 1.165) is 38.0 Å². The summed E-state index contributed by atoms with van der Waals surface area (Å²) in [5.74, 6) is 0.797. The largest absolute Gasteiger partial charge is 0.421 e. The number of benzene rings is 2. The molecule has 0 fully saturated rings. The molecule has 2 aliphatic rings. The van der Waals surface area contributed by atoms with Crippen LogP contribution in [0.15, 0.2) is 53.0 Å². The fourth-order valence-corrected chi connectivity index (χ4v) is 3.98. The van der Waals surface area contributed by atoms with Gasteiger partial charge in [-0.25, -0.2) is 18.7 Å². The fourth-order valence-electron chi connectivity index (χ4n) is 2.96. The van der Waals surface area contributed by atoms with Gasteiger partial charge in [-0.3, -0.25) is 0 Å². The average Bonchev–Trinajstić information content (AvgIpc) is 2.96. The Morgan fingerprint density at radius 3 is 2.67 bits per heavy atom. The van der Waals surface area contributed by atoms with Crippen molar-refractivity contribution in [2.75, 3.05) is 14.1 Å². The number of hydrogen-bond acceptors (Lipinski definition) is 4. The quantitative estimate of drug-likeness (QED) is 0.300. The molecule has 136 valence electrons. The minimum absolute atomic E-state index is 0.797. The number of hydrogen-bond donors (Lipinski definition) is 0. The van der Waals surface area contributed by atoms with E-state index >= 15 is 0 Å². The van der Waals surface area contributed by atoms with E-state index in [9.17, 15) is 0 Å². The number of rotatable bonds is 2. The van der Waals surface area contributed by atoms with Crippen molar-refractivity contribution in [3.8, 4) is 10.6 Å². The number of nitrogens with zero attached hydrogens (tertiary/aromatic N) is 6. The van der Waals surface area contributed by atoms with Crippen LogP contribution in [-0.2, 0) is 14.1 Å². The van der Waals surface area contributed by atoms with Crippen LogP contribution in [0.4, 0.5) is 11.6 Å². The molecule has 1 aliphatic heterocycles. The van der Waals surface area contributed by atoms with Gasteiger partial charge >= 0.3 is 5.95 Å². The lowest BCUT2D eigenvalue weighted by atomic mass is 10.2. The van der Waals surface area contributed by atoms with E-state index in [0.29, 0.717) is 0 Å². The van der Waals surface area contributed by atoms with Crippen LogP contribution in [-0.4, -0.2) is 23.6 Å². The van der Waals surface area contributed by atoms with E-state index in [1.165, 1.54) is 5.36 Å². The average molecular weight is 379 g/mol. The van der Waals surface area contributed by atoms with Crippen molar-refractivity contribution >= 4 is 33.2 Å². The van der Waals surface area contributed by atoms with Crippen LogP contribution in [0, 0.1) is 6.92 Å². The van der Waals surface area contributed by atoms with Gasteiger partial charge in [-0.2, -0.15) is 0 Å². The van der Waals surface area contributed by atoms with Gasteiger partial charge in [0.05, 0.1) is 47.3 Å². The first kappa shape index (κ1) is 17.5. The first-order chi connectivity index (χ1) is 12.9. The third kappa shape index (κ3) is 3.26. The Bertz CT molecular complexity index is 1210. The highest BCUT2D eigenvalue weighted by Gasteiger charge is 2.13. The van der Waals surface area contributed by atoms with Crippen LogP contribution < -0.4 is 14.5 Å². The predicted octanol–water partition coefficient (Wildman–Crippen LogP) is 3.32. The number of aromatic nitrogens is 3. The summed E-state index contributed by atoms with van der Waals surface area (Å²) in [6.07, 6.45) is 3.92. The summed E-state index contributed by atoms with van der Waals surface area (Å²) in [7, 11) is 8.02. The van der Waals surface area contributed by atoms with Gasteiger partial charge in [-0.1, -0.05) is 5.11 Å². The van der Waals surface area contributed by atoms with Crippen molar-refractivity contribution in [2.45, 2.75) is 6.92 Å². The molecule has 0 bridgehead atoms. The van der Waals surface area contributed by atoms with Crippen molar-refractivity contribution in [1.82, 2.24) is 14.1 Å². The molecule has 7 heteroatoms. The molecule has 0 saturated carbocycles. The molecule has 1 aliphatic carbocycles. The summed E-state index contributed by atoms with van der Waals surface area (Å²) in [6, 6.07) is 10.5. The zero-order valence-electron chi connectivity index (χ0n) is 16.1. The SMILES string of the molecule is Cc1cc2nc3ccc(=[N+](C)C)cc-3sc2cc1/N=N/c1n(C)cc[n+]1C. The van der Waals surface area contributed by atoms with Gasteiger partial charge in [-0.05, 0) is 30.7 Å². The van der Waals surface area contributed by atoms with E-state index in [1.807, 2.05) is 56.6 Å². The molecule has 0 amide bonds. The monoisotopic (exact) mass is 378 g/mol. The number of imidazole rings is 1. The molecule has 0 unspecified atom stereocenters. The topological polar surface area (TPSA) is 49.4 Å². The van der Waals surface area contributed by atoms with Crippen LogP contribution in [0.3, 0.4) is 0 Å². The maximum atomic E-state index is 4.83. The lowest BCUT2D eigenvalue weighted by Gasteiger charge is -2.07. The first-order valence-corrected chi connectivity index (χ1v) is 9.52. The van der Waals surface area contributed by atoms with Crippen LogP contribution in [0.25, 0.3) is 20.8 Å². The van der Waals surface area contributed by atoms with Gasteiger partial charge in [0.1, 0.15) is 19.8 Å². The van der Waals surface area contributed by atoms with E-state index in [-0.39, 0.29) is 0 Å². The fraction of sp³-hybridized carbons (Fsp3) is 0.250. The molecular weight excluding hydrogens is 356 g/mol. The Labute approximate surface area is 161 Å². The number of azo groups is 1. The Morgan fingerprint density at radius 2 is 1.96 bits per heavy atom. The van der Waals surface area contributed by atoms with Crippen LogP contribution >= 0.6 is 11.3 Å². The predicted molar refractivity (Wildman–Crippen MR) is 109 cm³/mol. The number of aryl methyl sites for hydroxylation is 3. The third-order valence-corrected chi connectivity index (χ3v) is 5.68. The zero-order valence-corrected chi connectivity index (χ0v) is 16.9. The summed E-state index contributed by atoms with van der Waals surface area (Å²) in [4.78, 5) is 5.99. The smallest absolute Gasteiger partial charge is 0.246 e. The summed E-state index contributed by atoms with van der Waals surface area (Å²) < 4.78 is 7.10. The zero-order chi connectivity index (χ0) is 19.1. The van der Waals surface area contributed by atoms with Crippen LogP contribution in [0.2, 0.25) is 0 Å². The summed E-state index contributed by atoms with van der Waals surface area (Å²) in [5.41, 5.74) is 3.94. The molecular formula is C20H22N6S+2. The van der Waals surface area contributed by atoms with E-state index < -0.39 is 0 Å². The van der Waals surface area contributed by atoms with Gasteiger partial charge < -0.3 is 0 Å². The van der Waals surface area contributed by atoms with Gasteiger partial charge in [0.2, 0.25) is 5.36 Å². The first-order valence-electron chi connectivity index (χ1n) is 8.70. The maximum Gasteiger partial charge on any atom is 0.421 e. The van der Waals surface area contributed by atoms with Gasteiger partial charge in [0, 0.05) is 17.2 Å². The minimum Gasteiger partial charge on any atom is -0.246 e.